The van der Waals surface area contributed by atoms with Crippen molar-refractivity contribution in [3.63, 3.8) is 0 Å². The van der Waals surface area contributed by atoms with Gasteiger partial charge in [0.05, 0.1) is 0 Å². The van der Waals surface area contributed by atoms with Crippen LogP contribution >= 0.6 is 0 Å². The largest absolute Gasteiger partial charge is 0.356 e. The van der Waals surface area contributed by atoms with Crippen LogP contribution in [0.1, 0.15) is 25.0 Å². The Hall–Kier alpha value is -3.06. The van der Waals surface area contributed by atoms with Crippen molar-refractivity contribution in [2.75, 3.05) is 5.32 Å². The molecule has 1 aliphatic rings. The molecule has 0 fully saturated rings. The van der Waals surface area contributed by atoms with Crippen molar-refractivity contribution in [1.82, 2.24) is 0 Å². The van der Waals surface area contributed by atoms with Gasteiger partial charge < -0.3 is 5.32 Å². The highest BCUT2D eigenvalue weighted by atomic mass is 14.9. The van der Waals surface area contributed by atoms with Gasteiger partial charge in [-0.15, -0.1) is 0 Å². The van der Waals surface area contributed by atoms with E-state index in [4.69, 9.17) is 0 Å². The Morgan fingerprint density at radius 2 is 1.38 bits per heavy atom. The lowest BCUT2D eigenvalue weighted by Crippen LogP contribution is -2.23. The first kappa shape index (κ1) is 15.2. The number of hydrogen-bond donors (Lipinski definition) is 1. The predicted molar refractivity (Wildman–Crippen MR) is 111 cm³/mol. The van der Waals surface area contributed by atoms with Gasteiger partial charge in [-0.05, 0) is 57.3 Å². The molecule has 1 heteroatoms. The molecule has 1 nitrogen and oxygen atoms in total. The Bertz CT molecular complexity index is 1120. The van der Waals surface area contributed by atoms with Crippen molar-refractivity contribution in [2.24, 2.45) is 0 Å². The van der Waals surface area contributed by atoms with Crippen LogP contribution in [0.15, 0.2) is 84.9 Å². The zero-order chi connectivity index (χ0) is 17.7. The summed E-state index contributed by atoms with van der Waals surface area (Å²) in [5.74, 6) is 0. The van der Waals surface area contributed by atoms with E-state index >= 15 is 0 Å². The average molecular weight is 335 g/mol. The molecule has 126 valence electrons. The van der Waals surface area contributed by atoms with Gasteiger partial charge in [-0.2, -0.15) is 0 Å². The van der Waals surface area contributed by atoms with Gasteiger partial charge in [0.25, 0.3) is 0 Å². The lowest BCUT2D eigenvalue weighted by Gasteiger charge is -2.35. The smallest absolute Gasteiger partial charge is 0.0390 e. The fourth-order valence-electron chi connectivity index (χ4n) is 4.31. The van der Waals surface area contributed by atoms with Crippen LogP contribution in [0, 0.1) is 0 Å². The molecular formula is C25H21N. The summed E-state index contributed by atoms with van der Waals surface area (Å²) in [6.07, 6.45) is 0. The zero-order valence-electron chi connectivity index (χ0n) is 15.1. The molecule has 0 amide bonds. The number of para-hydroxylation sites is 1. The number of benzene rings is 4. The van der Waals surface area contributed by atoms with Crippen molar-refractivity contribution in [1.29, 1.82) is 0 Å². The average Bonchev–Trinajstić information content (AvgIpc) is 2.67. The molecule has 1 N–H and O–H groups in total. The van der Waals surface area contributed by atoms with E-state index < -0.39 is 0 Å². The summed E-state index contributed by atoms with van der Waals surface area (Å²) in [5, 5.41) is 6.25. The molecule has 4 aromatic rings. The standard InChI is InChI=1S/C25H21N/c1-25(2)22-15-14-19(26-18-10-4-3-5-11-18)16-21(22)20-12-6-8-17-9-7-13-23(25)24(17)20/h3-16,26H,1-2H3. The lowest BCUT2D eigenvalue weighted by molar-refractivity contribution is 0.645. The fourth-order valence-corrected chi connectivity index (χ4v) is 4.31. The highest BCUT2D eigenvalue weighted by Gasteiger charge is 2.33. The second kappa shape index (κ2) is 5.47. The molecular weight excluding hydrogens is 314 g/mol. The third-order valence-electron chi connectivity index (χ3n) is 5.62. The van der Waals surface area contributed by atoms with Gasteiger partial charge in [0, 0.05) is 16.8 Å². The molecule has 0 heterocycles. The number of fused-ring (bicyclic) bond motifs is 2. The number of nitrogens with one attached hydrogen (secondary N) is 1. The first-order chi connectivity index (χ1) is 12.6. The Morgan fingerprint density at radius 1 is 0.615 bits per heavy atom. The summed E-state index contributed by atoms with van der Waals surface area (Å²) in [7, 11) is 0. The van der Waals surface area contributed by atoms with Gasteiger partial charge in [0.15, 0.2) is 0 Å². The fraction of sp³-hybridized carbons (Fsp3) is 0.120. The minimum Gasteiger partial charge on any atom is -0.356 e. The van der Waals surface area contributed by atoms with Gasteiger partial charge in [-0.1, -0.05) is 74.5 Å². The van der Waals surface area contributed by atoms with Crippen LogP contribution in [-0.4, -0.2) is 0 Å². The lowest BCUT2D eigenvalue weighted by atomic mass is 9.68. The molecule has 0 spiro atoms. The van der Waals surface area contributed by atoms with Crippen LogP contribution in [-0.2, 0) is 5.41 Å². The third kappa shape index (κ3) is 2.17. The number of rotatable bonds is 2. The maximum atomic E-state index is 3.54. The quantitative estimate of drug-likeness (QED) is 0.420. The second-order valence-corrected chi connectivity index (χ2v) is 7.59. The van der Waals surface area contributed by atoms with Crippen molar-refractivity contribution in [2.45, 2.75) is 19.3 Å². The summed E-state index contributed by atoms with van der Waals surface area (Å²) in [4.78, 5) is 0. The molecule has 5 rings (SSSR count). The molecule has 0 saturated carbocycles. The summed E-state index contributed by atoms with van der Waals surface area (Å²) in [5.41, 5.74) is 7.71. The van der Waals surface area contributed by atoms with Crippen LogP contribution in [0.5, 0.6) is 0 Å². The van der Waals surface area contributed by atoms with Crippen molar-refractivity contribution in [3.8, 4) is 11.1 Å². The highest BCUT2D eigenvalue weighted by Crippen LogP contribution is 2.49. The first-order valence-electron chi connectivity index (χ1n) is 9.14. The minimum absolute atomic E-state index is 0.00548. The van der Waals surface area contributed by atoms with Crippen LogP contribution in [0.2, 0.25) is 0 Å². The normalized spacial score (nSPS) is 14.1. The van der Waals surface area contributed by atoms with Gasteiger partial charge in [-0.3, -0.25) is 0 Å². The monoisotopic (exact) mass is 335 g/mol. The van der Waals surface area contributed by atoms with Crippen LogP contribution in [0.4, 0.5) is 11.4 Å². The van der Waals surface area contributed by atoms with Gasteiger partial charge in [-0.25, -0.2) is 0 Å². The van der Waals surface area contributed by atoms with Crippen LogP contribution < -0.4 is 5.32 Å². The minimum atomic E-state index is -0.00548. The summed E-state index contributed by atoms with van der Waals surface area (Å²) in [6, 6.07) is 30.5. The van der Waals surface area contributed by atoms with E-state index in [9.17, 15) is 0 Å². The Morgan fingerprint density at radius 3 is 2.19 bits per heavy atom. The third-order valence-corrected chi connectivity index (χ3v) is 5.62. The SMILES string of the molecule is CC1(C)c2ccc(Nc3ccccc3)cc2-c2cccc3cccc1c23. The zero-order valence-corrected chi connectivity index (χ0v) is 15.1. The molecule has 4 aromatic carbocycles. The van der Waals surface area contributed by atoms with Crippen molar-refractivity contribution < 1.29 is 0 Å². The van der Waals surface area contributed by atoms with E-state index in [1.165, 1.54) is 33.0 Å². The topological polar surface area (TPSA) is 12.0 Å². The van der Waals surface area contributed by atoms with E-state index in [0.29, 0.717) is 0 Å². The molecule has 26 heavy (non-hydrogen) atoms. The van der Waals surface area contributed by atoms with Gasteiger partial charge >= 0.3 is 0 Å². The second-order valence-electron chi connectivity index (χ2n) is 7.59. The van der Waals surface area contributed by atoms with Gasteiger partial charge in [0.2, 0.25) is 0 Å². The van der Waals surface area contributed by atoms with E-state index in [-0.39, 0.29) is 5.41 Å². The van der Waals surface area contributed by atoms with Gasteiger partial charge in [0.1, 0.15) is 0 Å². The number of hydrogen-bond acceptors (Lipinski definition) is 1. The maximum absolute atomic E-state index is 3.54. The summed E-state index contributed by atoms with van der Waals surface area (Å²) in [6.45, 7) is 4.67. The molecule has 0 aliphatic heterocycles. The number of anilines is 2. The molecule has 1 aliphatic carbocycles. The maximum Gasteiger partial charge on any atom is 0.0390 e. The van der Waals surface area contributed by atoms with Crippen molar-refractivity contribution in [3.05, 3.63) is 96.1 Å². The summed E-state index contributed by atoms with van der Waals surface area (Å²) >= 11 is 0. The summed E-state index contributed by atoms with van der Waals surface area (Å²) < 4.78 is 0. The Labute approximate surface area is 154 Å². The van der Waals surface area contributed by atoms with E-state index in [1.807, 2.05) is 6.07 Å². The molecule has 0 bridgehead atoms. The van der Waals surface area contributed by atoms with Crippen molar-refractivity contribution >= 4 is 22.1 Å². The molecule has 0 radical (unpaired) electrons. The van der Waals surface area contributed by atoms with Crippen LogP contribution in [0.3, 0.4) is 0 Å². The molecule has 0 unspecified atom stereocenters. The predicted octanol–water partition coefficient (Wildman–Crippen LogP) is 6.89. The van der Waals surface area contributed by atoms with E-state index in [0.717, 1.165) is 11.4 Å². The van der Waals surface area contributed by atoms with Crippen LogP contribution in [0.25, 0.3) is 21.9 Å². The van der Waals surface area contributed by atoms with E-state index in [2.05, 4.69) is 98.0 Å². The Kier molecular flexibility index (Phi) is 3.20. The van der Waals surface area contributed by atoms with E-state index in [1.54, 1.807) is 0 Å². The Balaban J connectivity index is 1.74. The first-order valence-corrected chi connectivity index (χ1v) is 9.14. The molecule has 0 saturated heterocycles. The molecule has 0 aromatic heterocycles. The highest BCUT2D eigenvalue weighted by molar-refractivity contribution is 6.03. The molecule has 0 atom stereocenters.